The molecule has 2 radical (unpaired) electrons. The molecule has 0 aliphatic heterocycles. The van der Waals surface area contributed by atoms with Crippen LogP contribution in [0.15, 0.2) is 34.8 Å². The van der Waals surface area contributed by atoms with Crippen LogP contribution in [0.5, 0.6) is 0 Å². The first-order valence-electron chi connectivity index (χ1n) is 3.72. The molecule has 0 amide bonds. The van der Waals surface area contributed by atoms with Crippen molar-refractivity contribution in [3.8, 4) is 0 Å². The van der Waals surface area contributed by atoms with Gasteiger partial charge in [0.05, 0.1) is 0 Å². The third-order valence-electron chi connectivity index (χ3n) is 1.43. The first-order valence-corrected chi connectivity index (χ1v) is 3.72. The molecule has 0 fully saturated rings. The Labute approximate surface area is 71.1 Å². The van der Waals surface area contributed by atoms with Crippen molar-refractivity contribution in [2.45, 2.75) is 27.7 Å². The average molecular weight is 146 g/mol. The molecule has 0 bridgehead atoms. The summed E-state index contributed by atoms with van der Waals surface area (Å²) in [5.74, 6) is 0. The van der Waals surface area contributed by atoms with Crippen LogP contribution < -0.4 is 0 Å². The molecule has 0 aromatic heterocycles. The second kappa shape index (κ2) is 4.22. The molecule has 0 nitrogen and oxygen atoms in total. The number of hydrogen-bond acceptors (Lipinski definition) is 0. The molecule has 0 saturated carbocycles. The molecule has 0 aliphatic carbocycles. The van der Waals surface area contributed by atoms with Gasteiger partial charge in [0, 0.05) is 0 Å². The molecule has 0 unspecified atom stereocenters. The molecule has 0 aromatic rings. The fraction of sp³-hybridized carbons (Fsp3) is 0.400. The Bertz CT molecular complexity index is 215. The Morgan fingerprint density at radius 1 is 1.18 bits per heavy atom. The maximum absolute atomic E-state index is 5.78. The van der Waals surface area contributed by atoms with Gasteiger partial charge in [-0.1, -0.05) is 34.8 Å². The van der Waals surface area contributed by atoms with Crippen LogP contribution in [0, 0.1) is 0 Å². The predicted octanol–water partition coefficient (Wildman–Crippen LogP) is 2.97. The van der Waals surface area contributed by atoms with Gasteiger partial charge in [0.15, 0.2) is 0 Å². The molecule has 0 atom stereocenters. The number of allylic oxidation sites excluding steroid dienone is 5. The zero-order valence-corrected chi connectivity index (χ0v) is 7.86. The van der Waals surface area contributed by atoms with E-state index in [1.807, 2.05) is 33.8 Å². The predicted molar refractivity (Wildman–Crippen MR) is 52.7 cm³/mol. The van der Waals surface area contributed by atoms with E-state index >= 15 is 0 Å². The first kappa shape index (κ1) is 10.3. The van der Waals surface area contributed by atoms with Crippen molar-refractivity contribution in [1.29, 1.82) is 0 Å². The van der Waals surface area contributed by atoms with E-state index in [1.165, 1.54) is 0 Å². The monoisotopic (exact) mass is 146 g/mol. The average Bonchev–Trinajstić information content (AvgIpc) is 1.84. The molecular weight excluding hydrogens is 131 g/mol. The third kappa shape index (κ3) is 3.87. The normalized spacial score (nSPS) is 11.1. The Morgan fingerprint density at radius 3 is 1.91 bits per heavy atom. The SMILES string of the molecule is [B]C(=C(C)C)/C(C)=C\C(=C)C. The molecule has 0 spiro atoms. The Balaban J connectivity index is 4.63. The Morgan fingerprint density at radius 2 is 1.64 bits per heavy atom. The van der Waals surface area contributed by atoms with Crippen LogP contribution in [0.4, 0.5) is 0 Å². The highest BCUT2D eigenvalue weighted by Gasteiger charge is 1.93. The van der Waals surface area contributed by atoms with Gasteiger partial charge in [-0.2, -0.15) is 0 Å². The summed E-state index contributed by atoms with van der Waals surface area (Å²) in [7, 11) is 5.78. The van der Waals surface area contributed by atoms with Crippen LogP contribution in [0.1, 0.15) is 27.7 Å². The lowest BCUT2D eigenvalue weighted by Gasteiger charge is -2.04. The highest BCUT2D eigenvalue weighted by atomic mass is 13.9. The molecular formula is C10H15B. The molecule has 58 valence electrons. The van der Waals surface area contributed by atoms with Gasteiger partial charge in [-0.3, -0.25) is 0 Å². The summed E-state index contributed by atoms with van der Waals surface area (Å²) in [6.45, 7) is 11.7. The first-order chi connectivity index (χ1) is 4.95. The van der Waals surface area contributed by atoms with Crippen molar-refractivity contribution in [1.82, 2.24) is 0 Å². The van der Waals surface area contributed by atoms with Crippen LogP contribution in [-0.4, -0.2) is 7.85 Å². The Hall–Kier alpha value is -0.715. The fourth-order valence-electron chi connectivity index (χ4n) is 0.842. The number of rotatable bonds is 2. The van der Waals surface area contributed by atoms with E-state index in [0.29, 0.717) is 0 Å². The zero-order valence-electron chi connectivity index (χ0n) is 7.86. The summed E-state index contributed by atoms with van der Waals surface area (Å²) in [5.41, 5.74) is 4.15. The second-order valence-electron chi connectivity index (χ2n) is 3.09. The van der Waals surface area contributed by atoms with E-state index in [0.717, 1.165) is 22.2 Å². The molecule has 0 N–H and O–H groups in total. The van der Waals surface area contributed by atoms with Gasteiger partial charge < -0.3 is 0 Å². The van der Waals surface area contributed by atoms with Gasteiger partial charge in [-0.15, -0.1) is 0 Å². The highest BCUT2D eigenvalue weighted by molar-refractivity contribution is 6.24. The van der Waals surface area contributed by atoms with E-state index in [4.69, 9.17) is 7.85 Å². The summed E-state index contributed by atoms with van der Waals surface area (Å²) in [6, 6.07) is 0. The van der Waals surface area contributed by atoms with Crippen molar-refractivity contribution in [3.05, 3.63) is 34.8 Å². The molecule has 0 aliphatic rings. The molecule has 1 heteroatoms. The van der Waals surface area contributed by atoms with Crippen LogP contribution >= 0.6 is 0 Å². The second-order valence-corrected chi connectivity index (χ2v) is 3.09. The highest BCUT2D eigenvalue weighted by Crippen LogP contribution is 2.11. The maximum atomic E-state index is 5.78. The summed E-state index contributed by atoms with van der Waals surface area (Å²) >= 11 is 0. The van der Waals surface area contributed by atoms with Crippen LogP contribution in [0.3, 0.4) is 0 Å². The van der Waals surface area contributed by atoms with Gasteiger partial charge in [0.25, 0.3) is 0 Å². The van der Waals surface area contributed by atoms with Gasteiger partial charge in [-0.25, -0.2) is 0 Å². The minimum atomic E-state index is 0.869. The summed E-state index contributed by atoms with van der Waals surface area (Å²) in [5, 5.41) is 0. The topological polar surface area (TPSA) is 0 Å². The largest absolute Gasteiger partial charge is 0.114 e. The van der Waals surface area contributed by atoms with E-state index in [-0.39, 0.29) is 0 Å². The summed E-state index contributed by atoms with van der Waals surface area (Å²) in [4.78, 5) is 0. The summed E-state index contributed by atoms with van der Waals surface area (Å²) in [6.07, 6.45) is 1.99. The molecule has 0 aromatic carbocycles. The smallest absolute Gasteiger partial charge is 0.0961 e. The quantitative estimate of drug-likeness (QED) is 0.415. The lowest BCUT2D eigenvalue weighted by Crippen LogP contribution is -1.87. The van der Waals surface area contributed by atoms with Crippen molar-refractivity contribution < 1.29 is 0 Å². The van der Waals surface area contributed by atoms with E-state index in [2.05, 4.69) is 6.58 Å². The van der Waals surface area contributed by atoms with Crippen molar-refractivity contribution in [2.24, 2.45) is 0 Å². The van der Waals surface area contributed by atoms with Crippen LogP contribution in [-0.2, 0) is 0 Å². The third-order valence-corrected chi connectivity index (χ3v) is 1.43. The molecule has 0 rings (SSSR count). The lowest BCUT2D eigenvalue weighted by molar-refractivity contribution is 1.31. The molecule has 11 heavy (non-hydrogen) atoms. The fourth-order valence-corrected chi connectivity index (χ4v) is 0.842. The lowest BCUT2D eigenvalue weighted by atomic mass is 9.85. The zero-order chi connectivity index (χ0) is 9.02. The van der Waals surface area contributed by atoms with Gasteiger partial charge in [0.1, 0.15) is 7.85 Å². The maximum Gasteiger partial charge on any atom is 0.114 e. The van der Waals surface area contributed by atoms with Gasteiger partial charge >= 0.3 is 0 Å². The standard InChI is InChI=1S/C10H15B/c1-7(2)6-9(5)10(11)8(3)4/h6H,1H2,2-5H3/b9-6-. The summed E-state index contributed by atoms with van der Waals surface area (Å²) < 4.78 is 0. The Kier molecular flexibility index (Phi) is 3.95. The van der Waals surface area contributed by atoms with Crippen molar-refractivity contribution in [3.63, 3.8) is 0 Å². The van der Waals surface area contributed by atoms with Gasteiger partial charge in [-0.05, 0) is 27.7 Å². The van der Waals surface area contributed by atoms with Crippen molar-refractivity contribution >= 4 is 7.85 Å². The van der Waals surface area contributed by atoms with E-state index in [1.54, 1.807) is 0 Å². The van der Waals surface area contributed by atoms with E-state index in [9.17, 15) is 0 Å². The molecule has 0 heterocycles. The minimum absolute atomic E-state index is 0.869. The van der Waals surface area contributed by atoms with E-state index < -0.39 is 0 Å². The minimum Gasteiger partial charge on any atom is -0.0961 e. The van der Waals surface area contributed by atoms with Crippen molar-refractivity contribution in [2.75, 3.05) is 0 Å². The number of hydrogen-bond donors (Lipinski definition) is 0. The van der Waals surface area contributed by atoms with Crippen LogP contribution in [0.25, 0.3) is 0 Å². The molecule has 0 saturated heterocycles. The van der Waals surface area contributed by atoms with Crippen LogP contribution in [0.2, 0.25) is 0 Å². The van der Waals surface area contributed by atoms with Gasteiger partial charge in [0.2, 0.25) is 0 Å².